The van der Waals surface area contributed by atoms with Crippen LogP contribution in [0.4, 0.5) is 0 Å². The molecule has 150 valence electrons. The Balaban J connectivity index is 0. The second kappa shape index (κ2) is 12.7. The van der Waals surface area contributed by atoms with Crippen LogP contribution in [0.1, 0.15) is 41.0 Å². The van der Waals surface area contributed by atoms with E-state index in [0.717, 1.165) is 0 Å². The Morgan fingerprint density at radius 1 is 1.16 bits per heavy atom. The molecular weight excluding hydrogens is 457 g/mol. The van der Waals surface area contributed by atoms with Crippen molar-refractivity contribution in [3.05, 3.63) is 0 Å². The number of carbonyl (C=O) groups is 1. The summed E-state index contributed by atoms with van der Waals surface area (Å²) < 4.78 is 24.6. The van der Waals surface area contributed by atoms with Crippen LogP contribution in [0.5, 0.6) is 0 Å². The summed E-state index contributed by atoms with van der Waals surface area (Å²) in [6.07, 6.45) is 0.647. The van der Waals surface area contributed by atoms with E-state index in [1.54, 1.807) is 14.0 Å². The number of sulfonamides is 1. The smallest absolute Gasteiger partial charge is 0.242 e. The first-order valence-electron chi connectivity index (χ1n) is 8.29. The molecule has 0 aliphatic rings. The minimum atomic E-state index is -3.14. The van der Waals surface area contributed by atoms with Gasteiger partial charge in [-0.05, 0) is 41.0 Å². The zero-order chi connectivity index (χ0) is 18.8. The van der Waals surface area contributed by atoms with Gasteiger partial charge in [0, 0.05) is 32.2 Å². The van der Waals surface area contributed by atoms with Crippen molar-refractivity contribution in [2.24, 2.45) is 4.99 Å². The Hall–Kier alpha value is -0.620. The Bertz CT molecular complexity index is 518. The number of amides is 1. The quantitative estimate of drug-likeness (QED) is 0.191. The first-order valence-corrected chi connectivity index (χ1v) is 9.90. The van der Waals surface area contributed by atoms with Gasteiger partial charge in [0.2, 0.25) is 15.9 Å². The van der Waals surface area contributed by atoms with E-state index in [0.29, 0.717) is 32.0 Å². The maximum absolute atomic E-state index is 11.8. The zero-order valence-electron chi connectivity index (χ0n) is 16.2. The largest absolute Gasteiger partial charge is 0.357 e. The average Bonchev–Trinajstić information content (AvgIpc) is 2.46. The standard InChI is InChI=1S/C15H33N5O3S.HI/c1-7-16-14(18-12-13(21)19-15(3,4)5)17-10-9-11-20(6)24(22,23)8-2;/h7-12H2,1-6H3,(H,19,21)(H2,16,17,18);1H. The zero-order valence-corrected chi connectivity index (χ0v) is 19.3. The molecule has 0 unspecified atom stereocenters. The van der Waals surface area contributed by atoms with Gasteiger partial charge in [-0.1, -0.05) is 0 Å². The summed E-state index contributed by atoms with van der Waals surface area (Å²) in [6.45, 7) is 11.0. The lowest BCUT2D eigenvalue weighted by atomic mass is 10.1. The highest BCUT2D eigenvalue weighted by Crippen LogP contribution is 1.99. The van der Waals surface area contributed by atoms with Gasteiger partial charge in [0.15, 0.2) is 5.96 Å². The number of rotatable bonds is 9. The Labute approximate surface area is 169 Å². The summed E-state index contributed by atoms with van der Waals surface area (Å²) in [7, 11) is -1.56. The fraction of sp³-hybridized carbons (Fsp3) is 0.867. The van der Waals surface area contributed by atoms with Gasteiger partial charge < -0.3 is 16.0 Å². The molecule has 0 radical (unpaired) electrons. The highest BCUT2D eigenvalue weighted by Gasteiger charge is 2.14. The number of guanidine groups is 1. The van der Waals surface area contributed by atoms with E-state index in [1.807, 2.05) is 27.7 Å². The second-order valence-corrected chi connectivity index (χ2v) is 8.86. The third kappa shape index (κ3) is 13.3. The van der Waals surface area contributed by atoms with Crippen LogP contribution in [0.3, 0.4) is 0 Å². The molecule has 3 N–H and O–H groups in total. The average molecular weight is 491 g/mol. The number of hydrogen-bond donors (Lipinski definition) is 3. The van der Waals surface area contributed by atoms with Crippen molar-refractivity contribution in [3.63, 3.8) is 0 Å². The van der Waals surface area contributed by atoms with Crippen molar-refractivity contribution in [1.82, 2.24) is 20.3 Å². The van der Waals surface area contributed by atoms with Gasteiger partial charge in [-0.15, -0.1) is 24.0 Å². The first kappa shape index (κ1) is 26.6. The fourth-order valence-corrected chi connectivity index (χ4v) is 2.67. The Morgan fingerprint density at radius 3 is 2.24 bits per heavy atom. The summed E-state index contributed by atoms with van der Waals surface area (Å²) in [4.78, 5) is 16.0. The van der Waals surface area contributed by atoms with Crippen LogP contribution in [0, 0.1) is 0 Å². The number of aliphatic imine (C=N–C) groups is 1. The number of halogens is 1. The van der Waals surface area contributed by atoms with Crippen LogP contribution in [-0.4, -0.2) is 69.1 Å². The van der Waals surface area contributed by atoms with Crippen LogP contribution in [0.25, 0.3) is 0 Å². The van der Waals surface area contributed by atoms with Crippen molar-refractivity contribution >= 4 is 45.9 Å². The van der Waals surface area contributed by atoms with E-state index < -0.39 is 10.0 Å². The SMILES string of the molecule is CCNC(=NCC(=O)NC(C)(C)C)NCCCN(C)S(=O)(=O)CC.I. The van der Waals surface area contributed by atoms with Crippen molar-refractivity contribution in [2.75, 3.05) is 39.0 Å². The molecule has 0 aromatic rings. The van der Waals surface area contributed by atoms with Gasteiger partial charge in [0.1, 0.15) is 6.54 Å². The summed E-state index contributed by atoms with van der Waals surface area (Å²) in [5.74, 6) is 0.500. The maximum atomic E-state index is 11.8. The molecule has 0 saturated heterocycles. The van der Waals surface area contributed by atoms with Gasteiger partial charge >= 0.3 is 0 Å². The molecule has 0 rings (SSSR count). The van der Waals surface area contributed by atoms with Crippen LogP contribution in [-0.2, 0) is 14.8 Å². The Morgan fingerprint density at radius 2 is 1.76 bits per heavy atom. The summed E-state index contributed by atoms with van der Waals surface area (Å²) in [5, 5.41) is 9.01. The fourth-order valence-electron chi connectivity index (χ4n) is 1.82. The molecule has 0 saturated carbocycles. The molecule has 1 amide bonds. The predicted molar refractivity (Wildman–Crippen MR) is 114 cm³/mol. The Kier molecular flexibility index (Phi) is 13.5. The first-order chi connectivity index (χ1) is 11.0. The van der Waals surface area contributed by atoms with Gasteiger partial charge in [-0.2, -0.15) is 0 Å². The topological polar surface area (TPSA) is 103 Å². The third-order valence-corrected chi connectivity index (χ3v) is 4.88. The summed E-state index contributed by atoms with van der Waals surface area (Å²) in [6, 6.07) is 0. The van der Waals surface area contributed by atoms with E-state index in [2.05, 4.69) is 20.9 Å². The van der Waals surface area contributed by atoms with E-state index in [4.69, 9.17) is 0 Å². The predicted octanol–water partition coefficient (Wildman–Crippen LogP) is 0.746. The molecule has 25 heavy (non-hydrogen) atoms. The lowest BCUT2D eigenvalue weighted by molar-refractivity contribution is -0.121. The van der Waals surface area contributed by atoms with Gasteiger partial charge in [0.05, 0.1) is 5.75 Å². The van der Waals surface area contributed by atoms with Crippen LogP contribution >= 0.6 is 24.0 Å². The molecule has 0 heterocycles. The molecule has 10 heteroatoms. The molecule has 0 aromatic carbocycles. The van der Waals surface area contributed by atoms with Crippen molar-refractivity contribution in [3.8, 4) is 0 Å². The van der Waals surface area contributed by atoms with Gasteiger partial charge in [0.25, 0.3) is 0 Å². The molecule has 0 aromatic heterocycles. The summed E-state index contributed by atoms with van der Waals surface area (Å²) >= 11 is 0. The van der Waals surface area contributed by atoms with Crippen molar-refractivity contribution in [2.45, 2.75) is 46.6 Å². The molecule has 8 nitrogen and oxygen atoms in total. The lowest BCUT2D eigenvalue weighted by Gasteiger charge is -2.20. The maximum Gasteiger partial charge on any atom is 0.242 e. The van der Waals surface area contributed by atoms with Gasteiger partial charge in [-0.3, -0.25) is 4.79 Å². The molecule has 0 aliphatic carbocycles. The number of hydrogen-bond acceptors (Lipinski definition) is 4. The third-order valence-electron chi connectivity index (χ3n) is 3.02. The highest BCUT2D eigenvalue weighted by atomic mass is 127. The number of nitrogens with zero attached hydrogens (tertiary/aromatic N) is 2. The minimum Gasteiger partial charge on any atom is -0.357 e. The molecule has 0 aliphatic heterocycles. The minimum absolute atomic E-state index is 0. The lowest BCUT2D eigenvalue weighted by Crippen LogP contribution is -2.43. The highest BCUT2D eigenvalue weighted by molar-refractivity contribution is 14.0. The molecule has 0 spiro atoms. The second-order valence-electron chi connectivity index (χ2n) is 6.50. The van der Waals surface area contributed by atoms with Crippen molar-refractivity contribution < 1.29 is 13.2 Å². The monoisotopic (exact) mass is 491 g/mol. The van der Waals surface area contributed by atoms with Crippen molar-refractivity contribution in [1.29, 1.82) is 0 Å². The van der Waals surface area contributed by atoms with Crippen LogP contribution in [0.15, 0.2) is 4.99 Å². The molecular formula is C15H34IN5O3S. The molecule has 0 atom stereocenters. The van der Waals surface area contributed by atoms with Gasteiger partial charge in [-0.25, -0.2) is 17.7 Å². The van der Waals surface area contributed by atoms with E-state index in [1.165, 1.54) is 4.31 Å². The number of nitrogens with one attached hydrogen (secondary N) is 3. The van der Waals surface area contributed by atoms with Crippen LogP contribution in [0.2, 0.25) is 0 Å². The van der Waals surface area contributed by atoms with E-state index >= 15 is 0 Å². The number of carbonyl (C=O) groups excluding carboxylic acids is 1. The summed E-state index contributed by atoms with van der Waals surface area (Å²) in [5.41, 5.74) is -0.284. The van der Waals surface area contributed by atoms with Crippen LogP contribution < -0.4 is 16.0 Å². The van der Waals surface area contributed by atoms with E-state index in [-0.39, 0.29) is 47.7 Å². The van der Waals surface area contributed by atoms with E-state index in [9.17, 15) is 13.2 Å². The molecule has 0 bridgehead atoms. The normalized spacial score (nSPS) is 12.5. The molecule has 0 fully saturated rings.